The molecule has 0 radical (unpaired) electrons. The highest BCUT2D eigenvalue weighted by atomic mass is 32.2. The van der Waals surface area contributed by atoms with E-state index >= 15 is 0 Å². The number of aromatic nitrogens is 1. The van der Waals surface area contributed by atoms with Crippen LogP contribution in [0.3, 0.4) is 0 Å². The van der Waals surface area contributed by atoms with Crippen molar-refractivity contribution in [2.75, 3.05) is 16.4 Å². The van der Waals surface area contributed by atoms with Crippen molar-refractivity contribution in [1.29, 1.82) is 0 Å². The van der Waals surface area contributed by atoms with E-state index in [-0.39, 0.29) is 17.6 Å². The molecule has 0 atom stereocenters. The van der Waals surface area contributed by atoms with Crippen molar-refractivity contribution in [3.8, 4) is 11.3 Å². The number of benzene rings is 3. The Labute approximate surface area is 207 Å². The lowest BCUT2D eigenvalue weighted by Gasteiger charge is -2.05. The lowest BCUT2D eigenvalue weighted by Crippen LogP contribution is -2.13. The highest BCUT2D eigenvalue weighted by Gasteiger charge is 2.09. The molecular formula is C27H23N3O2S2. The fourth-order valence-corrected chi connectivity index (χ4v) is 4.48. The molecule has 0 saturated heterocycles. The smallest absolute Gasteiger partial charge is 0.248 e. The van der Waals surface area contributed by atoms with Crippen molar-refractivity contribution in [2.24, 2.45) is 0 Å². The molecular weight excluding hydrogens is 462 g/mol. The molecule has 0 aliphatic carbocycles. The van der Waals surface area contributed by atoms with Crippen LogP contribution in [0.2, 0.25) is 0 Å². The van der Waals surface area contributed by atoms with E-state index in [1.54, 1.807) is 6.08 Å². The van der Waals surface area contributed by atoms with Crippen LogP contribution in [0.5, 0.6) is 0 Å². The minimum absolute atomic E-state index is 0.113. The predicted molar refractivity (Wildman–Crippen MR) is 142 cm³/mol. The van der Waals surface area contributed by atoms with Crippen molar-refractivity contribution in [3.05, 3.63) is 101 Å². The first-order valence-corrected chi connectivity index (χ1v) is 12.5. The molecule has 2 amide bonds. The van der Waals surface area contributed by atoms with Crippen LogP contribution in [0.25, 0.3) is 17.3 Å². The monoisotopic (exact) mass is 485 g/mol. The summed E-state index contributed by atoms with van der Waals surface area (Å²) in [6.07, 6.45) is 3.27. The van der Waals surface area contributed by atoms with Crippen molar-refractivity contribution in [2.45, 2.75) is 11.8 Å². The molecule has 0 fully saturated rings. The number of thioether (sulfide) groups is 1. The van der Waals surface area contributed by atoms with Gasteiger partial charge in [0.15, 0.2) is 5.13 Å². The first-order valence-electron chi connectivity index (χ1n) is 10.6. The molecule has 1 heterocycles. The van der Waals surface area contributed by atoms with E-state index in [1.165, 1.54) is 34.7 Å². The number of aryl methyl sites for hydroxylation is 1. The van der Waals surface area contributed by atoms with Gasteiger partial charge in [-0.05, 0) is 42.8 Å². The highest BCUT2D eigenvalue weighted by molar-refractivity contribution is 8.00. The number of thiazole rings is 1. The molecule has 4 rings (SSSR count). The van der Waals surface area contributed by atoms with Crippen LogP contribution in [0.15, 0.2) is 95.2 Å². The van der Waals surface area contributed by atoms with Gasteiger partial charge in [0.25, 0.3) is 0 Å². The minimum atomic E-state index is -0.197. The fraction of sp³-hybridized carbons (Fsp3) is 0.0741. The first kappa shape index (κ1) is 23.5. The second kappa shape index (κ2) is 11.4. The molecule has 2 N–H and O–H groups in total. The molecule has 5 nitrogen and oxygen atoms in total. The lowest BCUT2D eigenvalue weighted by atomic mass is 10.1. The van der Waals surface area contributed by atoms with Gasteiger partial charge in [-0.2, -0.15) is 0 Å². The molecule has 3 aromatic carbocycles. The summed E-state index contributed by atoms with van der Waals surface area (Å²) in [7, 11) is 0. The summed E-state index contributed by atoms with van der Waals surface area (Å²) in [6.45, 7) is 2.04. The number of carbonyl (C=O) groups is 2. The third-order valence-electron chi connectivity index (χ3n) is 4.82. The Hall–Kier alpha value is -3.68. The molecule has 34 heavy (non-hydrogen) atoms. The summed E-state index contributed by atoms with van der Waals surface area (Å²) in [4.78, 5) is 29.9. The molecule has 1 aromatic heterocycles. The average molecular weight is 486 g/mol. The number of rotatable bonds is 8. The van der Waals surface area contributed by atoms with Gasteiger partial charge < -0.3 is 10.6 Å². The zero-order valence-electron chi connectivity index (χ0n) is 18.5. The van der Waals surface area contributed by atoms with Crippen molar-refractivity contribution < 1.29 is 9.59 Å². The second-order valence-electron chi connectivity index (χ2n) is 7.50. The Kier molecular flexibility index (Phi) is 7.91. The molecule has 170 valence electrons. The van der Waals surface area contributed by atoms with Crippen LogP contribution in [0.4, 0.5) is 10.8 Å². The van der Waals surface area contributed by atoms with Gasteiger partial charge in [-0.1, -0.05) is 60.2 Å². The van der Waals surface area contributed by atoms with E-state index in [4.69, 9.17) is 0 Å². The Morgan fingerprint density at radius 2 is 1.68 bits per heavy atom. The predicted octanol–water partition coefficient (Wildman–Crippen LogP) is 6.50. The molecule has 0 saturated carbocycles. The first-order chi connectivity index (χ1) is 16.5. The van der Waals surface area contributed by atoms with E-state index in [0.29, 0.717) is 10.8 Å². The maximum atomic E-state index is 12.3. The van der Waals surface area contributed by atoms with E-state index in [2.05, 4.69) is 15.6 Å². The van der Waals surface area contributed by atoms with Gasteiger partial charge in [0.05, 0.1) is 11.4 Å². The largest absolute Gasteiger partial charge is 0.323 e. The second-order valence-corrected chi connectivity index (χ2v) is 9.41. The van der Waals surface area contributed by atoms with Gasteiger partial charge in [-0.15, -0.1) is 23.1 Å². The maximum absolute atomic E-state index is 12.3. The van der Waals surface area contributed by atoms with Crippen LogP contribution in [0, 0.1) is 6.92 Å². The van der Waals surface area contributed by atoms with Crippen LogP contribution in [0.1, 0.15) is 11.1 Å². The number of hydrogen-bond acceptors (Lipinski definition) is 5. The van der Waals surface area contributed by atoms with Gasteiger partial charge in [0.1, 0.15) is 0 Å². The van der Waals surface area contributed by atoms with Crippen LogP contribution in [-0.4, -0.2) is 22.6 Å². The minimum Gasteiger partial charge on any atom is -0.323 e. The summed E-state index contributed by atoms with van der Waals surface area (Å²) >= 11 is 2.84. The number of anilines is 2. The van der Waals surface area contributed by atoms with Crippen molar-refractivity contribution in [3.63, 3.8) is 0 Å². The number of nitrogens with one attached hydrogen (secondary N) is 2. The van der Waals surface area contributed by atoms with Crippen LogP contribution in [-0.2, 0) is 9.59 Å². The molecule has 0 aliphatic rings. The van der Waals surface area contributed by atoms with Crippen molar-refractivity contribution >= 4 is 51.8 Å². The lowest BCUT2D eigenvalue weighted by molar-refractivity contribution is -0.114. The fourth-order valence-electron chi connectivity index (χ4n) is 3.05. The summed E-state index contributed by atoms with van der Waals surface area (Å²) in [5, 5.41) is 8.22. The zero-order valence-corrected chi connectivity index (χ0v) is 20.2. The molecule has 0 bridgehead atoms. The van der Waals surface area contributed by atoms with E-state index < -0.39 is 0 Å². The summed E-state index contributed by atoms with van der Waals surface area (Å²) in [5.41, 5.74) is 4.73. The van der Waals surface area contributed by atoms with Gasteiger partial charge in [0, 0.05) is 27.6 Å². The maximum Gasteiger partial charge on any atom is 0.248 e. The number of carbonyl (C=O) groups excluding carboxylic acids is 2. The third kappa shape index (κ3) is 6.91. The Morgan fingerprint density at radius 1 is 0.941 bits per heavy atom. The Bertz CT molecular complexity index is 1280. The van der Waals surface area contributed by atoms with Crippen LogP contribution >= 0.6 is 23.1 Å². The molecule has 0 spiro atoms. The Balaban J connectivity index is 1.24. The SMILES string of the molecule is Cc1ccc(-c2csc(NC(=O)CSc3ccc(NC(=O)/C=C/c4ccccc4)cc3)n2)cc1. The van der Waals surface area contributed by atoms with Gasteiger partial charge in [-0.25, -0.2) is 4.98 Å². The molecule has 0 unspecified atom stereocenters. The summed E-state index contributed by atoms with van der Waals surface area (Å²) < 4.78 is 0. The molecule has 7 heteroatoms. The van der Waals surface area contributed by atoms with Crippen molar-refractivity contribution in [1.82, 2.24) is 4.98 Å². The van der Waals surface area contributed by atoms with E-state index in [9.17, 15) is 9.59 Å². The standard InChI is InChI=1S/C27H23N3O2S2/c1-19-7-10-21(11-8-19)24-17-34-27(29-24)30-26(32)18-33-23-14-12-22(13-15-23)28-25(31)16-9-20-5-3-2-4-6-20/h2-17H,18H2,1H3,(H,28,31)(H,29,30,32)/b16-9+. The van der Waals surface area contributed by atoms with Gasteiger partial charge >= 0.3 is 0 Å². The molecule has 4 aromatic rings. The summed E-state index contributed by atoms with van der Waals surface area (Å²) in [5.74, 6) is -0.0411. The van der Waals surface area contributed by atoms with E-state index in [1.807, 2.05) is 91.2 Å². The van der Waals surface area contributed by atoms with Gasteiger partial charge in [-0.3, -0.25) is 9.59 Å². The Morgan fingerprint density at radius 3 is 2.41 bits per heavy atom. The topological polar surface area (TPSA) is 71.1 Å². The summed E-state index contributed by atoms with van der Waals surface area (Å²) in [6, 6.07) is 25.2. The number of hydrogen-bond donors (Lipinski definition) is 2. The quantitative estimate of drug-likeness (QED) is 0.221. The number of nitrogens with zero attached hydrogens (tertiary/aromatic N) is 1. The van der Waals surface area contributed by atoms with E-state index in [0.717, 1.165) is 21.7 Å². The average Bonchev–Trinajstić information content (AvgIpc) is 3.32. The normalized spacial score (nSPS) is 10.9. The molecule has 0 aliphatic heterocycles. The third-order valence-corrected chi connectivity index (χ3v) is 6.59. The van der Waals surface area contributed by atoms with Gasteiger partial charge in [0.2, 0.25) is 11.8 Å². The number of amides is 2. The highest BCUT2D eigenvalue weighted by Crippen LogP contribution is 2.26. The van der Waals surface area contributed by atoms with Crippen LogP contribution < -0.4 is 10.6 Å². The zero-order chi connectivity index (χ0) is 23.8.